The van der Waals surface area contributed by atoms with E-state index < -0.39 is 11.1 Å². The maximum Gasteiger partial charge on any atom is 0.254 e. The van der Waals surface area contributed by atoms with Gasteiger partial charge in [-0.25, -0.2) is 0 Å². The molecule has 4 aliphatic carbocycles. The van der Waals surface area contributed by atoms with Crippen molar-refractivity contribution in [3.8, 4) is 5.75 Å². The van der Waals surface area contributed by atoms with Crippen LogP contribution in [-0.4, -0.2) is 30.1 Å². The summed E-state index contributed by atoms with van der Waals surface area (Å²) in [5, 5.41) is 95.8. The number of hydrogen-bond acceptors (Lipinski definition) is 3. The maximum absolute atomic E-state index is 16.4. The van der Waals surface area contributed by atoms with Gasteiger partial charge in [-0.15, -0.1) is 0 Å². The van der Waals surface area contributed by atoms with Crippen LogP contribution in [0.4, 0.5) is 0 Å². The Morgan fingerprint density at radius 1 is 0.315 bits per heavy atom. The second-order valence-corrected chi connectivity index (χ2v) is 25.8. The van der Waals surface area contributed by atoms with Gasteiger partial charge in [-0.1, -0.05) is 0 Å². The van der Waals surface area contributed by atoms with Crippen LogP contribution in [0, 0.1) is 0 Å². The number of rotatable bonds is 3. The second-order valence-electron chi connectivity index (χ2n) is 25.8. The SMILES string of the molecule is COc1ccc(C(=O)N(C)C23c4c5c6c7c8c9c(c%10c%11c2c2c4c4c%12c5c5c6c6c8c8c%13c9c9c%10c%10c%11c%11c2c2c4c4c%12c%12c5c5c6c8c6c8c%13c9c9c%10c%10c%11c2c2c4c4c%12c5c6c5c8c9c%10c2c45)C73O)cc1. The zero-order chi connectivity index (χ0) is 44.3. The lowest BCUT2D eigenvalue weighted by Gasteiger charge is -2.55. The molecule has 29 aromatic rings. The first-order chi connectivity index (χ1) is 36.1. The lowest BCUT2D eigenvalue weighted by molar-refractivity contribution is -0.0481. The van der Waals surface area contributed by atoms with Crippen LogP contribution in [0.1, 0.15) is 32.6 Å². The molecule has 1 amide bonds. The molecule has 0 heterocycles. The first kappa shape index (κ1) is 28.1. The normalized spacial score (nSPS) is 21.2. The number of carbonyl (C=O) groups is 1. The molecule has 0 aromatic heterocycles. The summed E-state index contributed by atoms with van der Waals surface area (Å²) in [4.78, 5) is 18.6. The Bertz CT molecular complexity index is 7300. The van der Waals surface area contributed by atoms with E-state index in [9.17, 15) is 0 Å². The Morgan fingerprint density at radius 3 is 0.685 bits per heavy atom. The number of benzene rings is 19. The highest BCUT2D eigenvalue weighted by atomic mass is 16.5. The van der Waals surface area contributed by atoms with Gasteiger partial charge < -0.3 is 14.7 Å². The van der Waals surface area contributed by atoms with Gasteiger partial charge in [0.1, 0.15) is 16.9 Å². The fraction of sp³-hybridized carbons (Fsp3) is 0.0580. The summed E-state index contributed by atoms with van der Waals surface area (Å²) in [6.45, 7) is 0. The van der Waals surface area contributed by atoms with E-state index in [1.165, 1.54) is 227 Å². The summed E-state index contributed by atoms with van der Waals surface area (Å²) >= 11 is 0. The number of likely N-dealkylation sites (N-methyl/N-ethyl adjacent to an activating group) is 1. The molecule has 0 bridgehead atoms. The third-order valence-electron chi connectivity index (χ3n) is 25.4. The molecule has 4 nitrogen and oxygen atoms in total. The van der Waals surface area contributed by atoms with Crippen molar-refractivity contribution in [2.75, 3.05) is 14.2 Å². The first-order valence-corrected chi connectivity index (χ1v) is 26.5. The van der Waals surface area contributed by atoms with Crippen LogP contribution in [0.25, 0.3) is 291 Å². The molecule has 1 N–H and O–H groups in total. The van der Waals surface area contributed by atoms with E-state index in [0.29, 0.717) is 5.56 Å². The van der Waals surface area contributed by atoms with Gasteiger partial charge in [-0.3, -0.25) is 4.79 Å². The van der Waals surface area contributed by atoms with Gasteiger partial charge in [0.15, 0.2) is 0 Å². The molecule has 0 spiro atoms. The summed E-state index contributed by atoms with van der Waals surface area (Å²) in [6.07, 6.45) is 0. The third kappa shape index (κ3) is 1.54. The van der Waals surface area contributed by atoms with Gasteiger partial charge in [0.25, 0.3) is 5.91 Å². The van der Waals surface area contributed by atoms with Crippen molar-refractivity contribution in [1.29, 1.82) is 0 Å². The van der Waals surface area contributed by atoms with Crippen LogP contribution >= 0.6 is 0 Å². The van der Waals surface area contributed by atoms with E-state index in [1.807, 2.05) is 24.3 Å². The van der Waals surface area contributed by atoms with E-state index >= 15 is 9.90 Å². The second kappa shape index (κ2) is 6.41. The zero-order valence-corrected chi connectivity index (χ0v) is 37.5. The molecule has 0 radical (unpaired) electrons. The Morgan fingerprint density at radius 2 is 0.493 bits per heavy atom. The minimum Gasteiger partial charge on any atom is -0.497 e. The molecule has 73 heavy (non-hydrogen) atoms. The largest absolute Gasteiger partial charge is 0.497 e. The highest BCUT2D eigenvalue weighted by molar-refractivity contribution is 6.82. The van der Waals surface area contributed by atoms with Crippen molar-refractivity contribution in [2.45, 2.75) is 11.1 Å². The van der Waals surface area contributed by atoms with Gasteiger partial charge in [-0.2, -0.15) is 0 Å². The molecular formula is C69H11NO3. The van der Waals surface area contributed by atoms with E-state index in [0.717, 1.165) is 16.9 Å². The maximum atomic E-state index is 16.4. The highest BCUT2D eigenvalue weighted by Crippen LogP contribution is 2.84. The molecule has 33 rings (SSSR count). The Kier molecular flexibility index (Phi) is 2.47. The number of nitrogens with zero attached hydrogens (tertiary/aromatic N) is 1. The van der Waals surface area contributed by atoms with Crippen molar-refractivity contribution < 1.29 is 14.6 Å². The van der Waals surface area contributed by atoms with Crippen LogP contribution in [0.3, 0.4) is 0 Å². The van der Waals surface area contributed by atoms with Crippen LogP contribution in [-0.2, 0) is 11.1 Å². The summed E-state index contributed by atoms with van der Waals surface area (Å²) < 4.78 is 5.70. The lowest BCUT2D eigenvalue weighted by atomic mass is 9.58. The van der Waals surface area contributed by atoms with Crippen LogP contribution in [0.15, 0.2) is 24.3 Å². The minimum absolute atomic E-state index is 0.0615. The molecule has 0 atom stereocenters. The van der Waals surface area contributed by atoms with Gasteiger partial charge in [0.2, 0.25) is 0 Å². The van der Waals surface area contributed by atoms with Crippen molar-refractivity contribution in [2.24, 2.45) is 0 Å². The van der Waals surface area contributed by atoms with E-state index in [-0.39, 0.29) is 5.91 Å². The quantitative estimate of drug-likeness (QED) is 0.180. The van der Waals surface area contributed by atoms with Crippen molar-refractivity contribution >= 4 is 297 Å². The Hall–Kier alpha value is -9.09. The highest BCUT2D eigenvalue weighted by Gasteiger charge is 2.72. The van der Waals surface area contributed by atoms with Crippen molar-refractivity contribution in [3.05, 3.63) is 52.1 Å². The number of hydrogen-bond donors (Lipinski definition) is 1. The third-order valence-corrected chi connectivity index (χ3v) is 25.4. The average molecular weight is 902 g/mol. The van der Waals surface area contributed by atoms with Gasteiger partial charge in [0, 0.05) is 34.9 Å². The van der Waals surface area contributed by atoms with Crippen LogP contribution in [0.5, 0.6) is 5.75 Å². The van der Waals surface area contributed by atoms with Crippen molar-refractivity contribution in [3.63, 3.8) is 0 Å². The van der Waals surface area contributed by atoms with Gasteiger partial charge in [0.05, 0.1) is 7.11 Å². The lowest BCUT2D eigenvalue weighted by Crippen LogP contribution is -2.62. The molecular weight excluding hydrogens is 891 g/mol. The fourth-order valence-corrected chi connectivity index (χ4v) is 24.8. The van der Waals surface area contributed by atoms with Gasteiger partial charge >= 0.3 is 0 Å². The number of ether oxygens (including phenoxy) is 1. The Labute approximate surface area is 397 Å². The predicted molar refractivity (Wildman–Crippen MR) is 301 cm³/mol. The smallest absolute Gasteiger partial charge is 0.254 e. The minimum atomic E-state index is -1.59. The molecule has 310 valence electrons. The number of methoxy groups -OCH3 is 1. The standard InChI is InChI=1S/C69H11NO3/c1-70(67(71)7-3-5-8(73-2)6-4-7)68-63-55-47-37-27-19-11-9-10-13-17-15(11)23-31-25(17)35-29-21(13)22-14(10)18-16-12(9)20(19)28-34-24(16)32-26(18)36-30(22)40-39(29)51-45(35)53-43(31)49(41(47)33(23)27)57(63)59(53)65-61(51)62-52(40)46(36)54-44(32)50-42(34)48(38(28)37)56(55)64(68)58(50)60(54)66(62)69(65,68)72/h3-6,72H,1-2H3. The van der Waals surface area contributed by atoms with Crippen LogP contribution in [0.2, 0.25) is 0 Å². The van der Waals surface area contributed by atoms with Gasteiger partial charge in [-0.05, 0) is 315 Å². The number of carbonyl (C=O) groups excluding carboxylic acids is 1. The molecule has 0 fully saturated rings. The summed E-state index contributed by atoms with van der Waals surface area (Å²) in [5.41, 5.74) is 2.41. The molecule has 4 heteroatoms. The topological polar surface area (TPSA) is 49.8 Å². The van der Waals surface area contributed by atoms with E-state index in [1.54, 1.807) is 82.5 Å². The fourth-order valence-electron chi connectivity index (χ4n) is 24.8. The summed E-state index contributed by atoms with van der Waals surface area (Å²) in [5.74, 6) is 0.666. The number of aliphatic hydroxyl groups is 1. The number of amides is 1. The van der Waals surface area contributed by atoms with Crippen molar-refractivity contribution in [1.82, 2.24) is 4.90 Å². The summed E-state index contributed by atoms with van der Waals surface area (Å²) in [7, 11) is 3.79. The zero-order valence-electron chi connectivity index (χ0n) is 37.5. The molecule has 0 unspecified atom stereocenters. The first-order valence-electron chi connectivity index (χ1n) is 26.5. The predicted octanol–water partition coefficient (Wildman–Crippen LogP) is 17.0. The molecule has 0 aliphatic heterocycles. The molecule has 29 aromatic carbocycles. The average Bonchev–Trinajstić information content (AvgIpc) is 4.45. The molecule has 0 saturated carbocycles. The molecule has 4 aliphatic rings. The molecule has 0 saturated heterocycles. The van der Waals surface area contributed by atoms with E-state index in [4.69, 9.17) is 4.74 Å². The Balaban J connectivity index is 1.12. The monoisotopic (exact) mass is 901 g/mol. The van der Waals surface area contributed by atoms with Crippen LogP contribution < -0.4 is 4.74 Å². The van der Waals surface area contributed by atoms with E-state index in [2.05, 4.69) is 11.9 Å². The summed E-state index contributed by atoms with van der Waals surface area (Å²) in [6, 6.07) is 7.76.